The normalized spacial score (nSPS) is 10.2. The molecular formula is C14H12F2N2O2. The van der Waals surface area contributed by atoms with Crippen LogP contribution in [0.1, 0.15) is 15.9 Å². The van der Waals surface area contributed by atoms with Crippen molar-refractivity contribution >= 4 is 11.8 Å². The van der Waals surface area contributed by atoms with Crippen molar-refractivity contribution in [1.29, 1.82) is 0 Å². The van der Waals surface area contributed by atoms with Crippen LogP contribution in [0, 0.1) is 11.6 Å². The molecule has 1 N–H and O–H groups in total. The third-order valence-corrected chi connectivity index (χ3v) is 2.66. The van der Waals surface area contributed by atoms with Crippen LogP contribution in [0.2, 0.25) is 0 Å². The number of anilines is 1. The van der Waals surface area contributed by atoms with Crippen LogP contribution in [-0.4, -0.2) is 18.1 Å². The van der Waals surface area contributed by atoms with Crippen LogP contribution in [0.15, 0.2) is 36.5 Å². The van der Waals surface area contributed by atoms with Gasteiger partial charge in [-0.1, -0.05) is 6.07 Å². The fourth-order valence-electron chi connectivity index (χ4n) is 1.62. The molecule has 0 aliphatic heterocycles. The maximum atomic E-state index is 13.4. The lowest BCUT2D eigenvalue weighted by molar-refractivity contribution is 0.0600. The Labute approximate surface area is 114 Å². The van der Waals surface area contributed by atoms with E-state index in [9.17, 15) is 13.6 Å². The molecule has 20 heavy (non-hydrogen) atoms. The summed E-state index contributed by atoms with van der Waals surface area (Å²) in [7, 11) is 1.28. The second kappa shape index (κ2) is 6.10. The summed E-state index contributed by atoms with van der Waals surface area (Å²) in [5.41, 5.74) is 0.640. The average molecular weight is 278 g/mol. The van der Waals surface area contributed by atoms with Crippen molar-refractivity contribution in [3.63, 3.8) is 0 Å². The molecule has 0 atom stereocenters. The first kappa shape index (κ1) is 13.9. The van der Waals surface area contributed by atoms with Crippen molar-refractivity contribution in [3.05, 3.63) is 59.3 Å². The van der Waals surface area contributed by atoms with Crippen LogP contribution in [0.4, 0.5) is 14.6 Å². The number of aromatic nitrogens is 1. The number of nitrogens with one attached hydrogen (secondary N) is 1. The van der Waals surface area contributed by atoms with E-state index in [0.29, 0.717) is 16.9 Å². The van der Waals surface area contributed by atoms with E-state index in [-0.39, 0.29) is 6.54 Å². The molecule has 0 unspecified atom stereocenters. The van der Waals surface area contributed by atoms with Gasteiger partial charge in [-0.05, 0) is 18.2 Å². The highest BCUT2D eigenvalue weighted by atomic mass is 19.1. The standard InChI is InChI=1S/C14H12F2N2O2/c1-20-14(19)9-4-5-17-13(6-9)18-8-10-2-3-11(15)7-12(10)16/h2-7H,8H2,1H3,(H,17,18). The van der Waals surface area contributed by atoms with E-state index < -0.39 is 17.6 Å². The Kier molecular flexibility index (Phi) is 4.24. The predicted molar refractivity (Wildman–Crippen MR) is 69.3 cm³/mol. The second-order valence-corrected chi connectivity index (χ2v) is 4.01. The van der Waals surface area contributed by atoms with Gasteiger partial charge in [-0.25, -0.2) is 18.6 Å². The summed E-state index contributed by atoms with van der Waals surface area (Å²) in [4.78, 5) is 15.4. The molecule has 0 amide bonds. The molecule has 0 aliphatic carbocycles. The molecule has 0 spiro atoms. The molecule has 6 heteroatoms. The zero-order valence-electron chi connectivity index (χ0n) is 10.7. The molecule has 2 aromatic rings. The first-order chi connectivity index (χ1) is 9.60. The van der Waals surface area contributed by atoms with Crippen molar-refractivity contribution in [2.75, 3.05) is 12.4 Å². The molecule has 0 fully saturated rings. The Morgan fingerprint density at radius 2 is 2.10 bits per heavy atom. The first-order valence-corrected chi connectivity index (χ1v) is 5.82. The maximum absolute atomic E-state index is 13.4. The van der Waals surface area contributed by atoms with Crippen molar-refractivity contribution in [3.8, 4) is 0 Å². The summed E-state index contributed by atoms with van der Waals surface area (Å²) in [5, 5.41) is 2.86. The van der Waals surface area contributed by atoms with Crippen molar-refractivity contribution < 1.29 is 18.3 Å². The van der Waals surface area contributed by atoms with Crippen LogP contribution in [0.3, 0.4) is 0 Å². The molecule has 0 saturated carbocycles. The van der Waals surface area contributed by atoms with Gasteiger partial charge in [-0.15, -0.1) is 0 Å². The number of hydrogen-bond acceptors (Lipinski definition) is 4. The minimum absolute atomic E-state index is 0.129. The quantitative estimate of drug-likeness (QED) is 0.874. The molecule has 0 radical (unpaired) electrons. The third-order valence-electron chi connectivity index (χ3n) is 2.66. The molecule has 1 aromatic carbocycles. The van der Waals surface area contributed by atoms with Gasteiger partial charge < -0.3 is 10.1 Å². The number of pyridine rings is 1. The Balaban J connectivity index is 2.09. The van der Waals surface area contributed by atoms with E-state index in [0.717, 1.165) is 6.07 Å². The third kappa shape index (κ3) is 3.28. The number of methoxy groups -OCH3 is 1. The number of esters is 1. The van der Waals surface area contributed by atoms with Gasteiger partial charge in [-0.3, -0.25) is 0 Å². The van der Waals surface area contributed by atoms with E-state index in [4.69, 9.17) is 0 Å². The Hall–Kier alpha value is -2.50. The lowest BCUT2D eigenvalue weighted by atomic mass is 10.2. The van der Waals surface area contributed by atoms with Crippen LogP contribution in [0.5, 0.6) is 0 Å². The molecule has 1 heterocycles. The van der Waals surface area contributed by atoms with Crippen LogP contribution < -0.4 is 5.32 Å². The largest absolute Gasteiger partial charge is 0.465 e. The van der Waals surface area contributed by atoms with E-state index in [1.807, 2.05) is 0 Å². The van der Waals surface area contributed by atoms with Crippen molar-refractivity contribution in [2.24, 2.45) is 0 Å². The predicted octanol–water partition coefficient (Wildman–Crippen LogP) is 2.76. The van der Waals surface area contributed by atoms with Gasteiger partial charge in [0, 0.05) is 24.4 Å². The zero-order chi connectivity index (χ0) is 14.5. The van der Waals surface area contributed by atoms with Crippen LogP contribution in [0.25, 0.3) is 0 Å². The molecule has 0 aliphatic rings. The van der Waals surface area contributed by atoms with Gasteiger partial charge in [0.2, 0.25) is 0 Å². The molecule has 2 rings (SSSR count). The monoisotopic (exact) mass is 278 g/mol. The zero-order valence-corrected chi connectivity index (χ0v) is 10.7. The number of hydrogen-bond donors (Lipinski definition) is 1. The lowest BCUT2D eigenvalue weighted by Gasteiger charge is -2.07. The van der Waals surface area contributed by atoms with Gasteiger partial charge in [0.25, 0.3) is 0 Å². The minimum Gasteiger partial charge on any atom is -0.465 e. The Bertz CT molecular complexity index is 632. The summed E-state index contributed by atoms with van der Waals surface area (Å²) in [5.74, 6) is -1.35. The molecular weight excluding hydrogens is 266 g/mol. The number of nitrogens with zero attached hydrogens (tertiary/aromatic N) is 1. The number of benzene rings is 1. The highest BCUT2D eigenvalue weighted by Gasteiger charge is 2.07. The van der Waals surface area contributed by atoms with E-state index >= 15 is 0 Å². The number of carbonyl (C=O) groups excluding carboxylic acids is 1. The SMILES string of the molecule is COC(=O)c1ccnc(NCc2ccc(F)cc2F)c1. The number of carbonyl (C=O) groups is 1. The summed E-state index contributed by atoms with van der Waals surface area (Å²) in [6, 6.07) is 6.35. The average Bonchev–Trinajstić information content (AvgIpc) is 2.46. The summed E-state index contributed by atoms with van der Waals surface area (Å²) >= 11 is 0. The second-order valence-electron chi connectivity index (χ2n) is 4.01. The summed E-state index contributed by atoms with van der Waals surface area (Å²) in [6.45, 7) is 0.129. The van der Waals surface area contributed by atoms with Crippen LogP contribution >= 0.6 is 0 Å². The fourth-order valence-corrected chi connectivity index (χ4v) is 1.62. The van der Waals surface area contributed by atoms with E-state index in [1.165, 1.54) is 37.6 Å². The van der Waals surface area contributed by atoms with Crippen LogP contribution in [-0.2, 0) is 11.3 Å². The van der Waals surface area contributed by atoms with Gasteiger partial charge in [-0.2, -0.15) is 0 Å². The van der Waals surface area contributed by atoms with E-state index in [2.05, 4.69) is 15.0 Å². The molecule has 1 aromatic heterocycles. The topological polar surface area (TPSA) is 51.2 Å². The maximum Gasteiger partial charge on any atom is 0.338 e. The van der Waals surface area contributed by atoms with Gasteiger partial charge in [0.15, 0.2) is 0 Å². The highest BCUT2D eigenvalue weighted by Crippen LogP contribution is 2.13. The lowest BCUT2D eigenvalue weighted by Crippen LogP contribution is -2.06. The van der Waals surface area contributed by atoms with Gasteiger partial charge in [0.05, 0.1) is 12.7 Å². The Morgan fingerprint density at radius 1 is 1.30 bits per heavy atom. The van der Waals surface area contributed by atoms with Gasteiger partial charge in [0.1, 0.15) is 17.5 Å². The smallest absolute Gasteiger partial charge is 0.338 e. The van der Waals surface area contributed by atoms with Gasteiger partial charge >= 0.3 is 5.97 Å². The minimum atomic E-state index is -0.637. The number of halogens is 2. The fraction of sp³-hybridized carbons (Fsp3) is 0.143. The molecule has 104 valence electrons. The first-order valence-electron chi connectivity index (χ1n) is 5.82. The molecule has 4 nitrogen and oxygen atoms in total. The number of rotatable bonds is 4. The van der Waals surface area contributed by atoms with Crippen molar-refractivity contribution in [2.45, 2.75) is 6.54 Å². The van der Waals surface area contributed by atoms with E-state index in [1.54, 1.807) is 0 Å². The Morgan fingerprint density at radius 3 is 2.80 bits per heavy atom. The summed E-state index contributed by atoms with van der Waals surface area (Å²) < 4.78 is 30.8. The highest BCUT2D eigenvalue weighted by molar-refractivity contribution is 5.89. The molecule has 0 saturated heterocycles. The number of ether oxygens (including phenoxy) is 1. The molecule has 0 bridgehead atoms. The summed E-state index contributed by atoms with van der Waals surface area (Å²) in [6.07, 6.45) is 1.44. The van der Waals surface area contributed by atoms with Crippen molar-refractivity contribution in [1.82, 2.24) is 4.98 Å².